The van der Waals surface area contributed by atoms with Crippen molar-refractivity contribution in [1.29, 1.82) is 5.26 Å². The van der Waals surface area contributed by atoms with E-state index in [0.29, 0.717) is 26.3 Å². The van der Waals surface area contributed by atoms with Crippen LogP contribution in [0.3, 0.4) is 0 Å². The third-order valence-electron chi connectivity index (χ3n) is 3.16. The Bertz CT molecular complexity index is 542. The minimum atomic E-state index is -0.614. The number of ether oxygens (including phenoxy) is 1. The summed E-state index contributed by atoms with van der Waals surface area (Å²) in [4.78, 5) is 13.9. The molecule has 1 heterocycles. The standard InChI is InChI=1S/C14H15FN2O3/c15-13-4-10(6-16)3-12(5-13)14(19)17-1-2-20-9-11(7-17)8-18/h3-5,11,18H,1-2,7-9H2/t11-/m0/s1. The Morgan fingerprint density at radius 3 is 3.05 bits per heavy atom. The van der Waals surface area contributed by atoms with Gasteiger partial charge in [0.25, 0.3) is 5.91 Å². The van der Waals surface area contributed by atoms with Crippen molar-refractivity contribution in [3.63, 3.8) is 0 Å². The van der Waals surface area contributed by atoms with E-state index in [0.717, 1.165) is 12.1 Å². The molecule has 1 aliphatic rings. The van der Waals surface area contributed by atoms with E-state index in [4.69, 9.17) is 10.00 Å². The maximum atomic E-state index is 13.4. The summed E-state index contributed by atoms with van der Waals surface area (Å²) in [5.41, 5.74) is 0.248. The minimum absolute atomic E-state index is 0.0730. The molecule has 106 valence electrons. The second-order valence-electron chi connectivity index (χ2n) is 4.72. The Balaban J connectivity index is 2.21. The van der Waals surface area contributed by atoms with Crippen molar-refractivity contribution in [3.8, 4) is 6.07 Å². The third kappa shape index (κ3) is 3.32. The predicted molar refractivity (Wildman–Crippen MR) is 68.4 cm³/mol. The Kier molecular flexibility index (Phi) is 4.66. The van der Waals surface area contributed by atoms with Crippen molar-refractivity contribution in [1.82, 2.24) is 4.90 Å². The molecule has 0 aromatic heterocycles. The molecule has 0 spiro atoms. The van der Waals surface area contributed by atoms with Gasteiger partial charge in [0.1, 0.15) is 5.82 Å². The van der Waals surface area contributed by atoms with Crippen LogP contribution >= 0.6 is 0 Å². The molecule has 1 N–H and O–H groups in total. The quantitative estimate of drug-likeness (QED) is 0.867. The molecule has 6 heteroatoms. The zero-order valence-electron chi connectivity index (χ0n) is 10.9. The average Bonchev–Trinajstić information content (AvgIpc) is 2.71. The smallest absolute Gasteiger partial charge is 0.254 e. The molecule has 0 radical (unpaired) electrons. The zero-order valence-corrected chi connectivity index (χ0v) is 10.9. The van der Waals surface area contributed by atoms with E-state index in [9.17, 15) is 14.3 Å². The van der Waals surface area contributed by atoms with E-state index in [1.165, 1.54) is 11.0 Å². The Hall–Kier alpha value is -1.97. The number of nitriles is 1. The van der Waals surface area contributed by atoms with Crippen molar-refractivity contribution >= 4 is 5.91 Å². The highest BCUT2D eigenvalue weighted by atomic mass is 19.1. The van der Waals surface area contributed by atoms with Crippen LogP contribution in [0.2, 0.25) is 0 Å². The summed E-state index contributed by atoms with van der Waals surface area (Å²) < 4.78 is 18.7. The van der Waals surface area contributed by atoms with Crippen molar-refractivity contribution in [2.75, 3.05) is 32.9 Å². The number of carbonyl (C=O) groups is 1. The fourth-order valence-corrected chi connectivity index (χ4v) is 2.14. The summed E-state index contributed by atoms with van der Waals surface area (Å²) in [6.45, 7) is 1.44. The lowest BCUT2D eigenvalue weighted by atomic mass is 10.1. The zero-order chi connectivity index (χ0) is 14.5. The fraction of sp³-hybridized carbons (Fsp3) is 0.429. The van der Waals surface area contributed by atoms with Gasteiger partial charge in [-0.1, -0.05) is 0 Å². The van der Waals surface area contributed by atoms with E-state index < -0.39 is 5.82 Å². The summed E-state index contributed by atoms with van der Waals surface area (Å²) in [5, 5.41) is 18.0. The molecule has 1 atom stereocenters. The Morgan fingerprint density at radius 1 is 1.55 bits per heavy atom. The lowest BCUT2D eigenvalue weighted by molar-refractivity contribution is 0.0727. The van der Waals surface area contributed by atoms with Crippen LogP contribution in [0.1, 0.15) is 15.9 Å². The van der Waals surface area contributed by atoms with E-state index >= 15 is 0 Å². The van der Waals surface area contributed by atoms with Crippen LogP contribution in [-0.4, -0.2) is 48.8 Å². The average molecular weight is 278 g/mol. The van der Waals surface area contributed by atoms with Gasteiger partial charge < -0.3 is 14.7 Å². The summed E-state index contributed by atoms with van der Waals surface area (Å²) >= 11 is 0. The van der Waals surface area contributed by atoms with Gasteiger partial charge in [-0.3, -0.25) is 4.79 Å². The van der Waals surface area contributed by atoms with Gasteiger partial charge in [0, 0.05) is 31.2 Å². The molecule has 1 aromatic rings. The molecule has 1 amide bonds. The van der Waals surface area contributed by atoms with Crippen LogP contribution in [0, 0.1) is 23.1 Å². The summed E-state index contributed by atoms with van der Waals surface area (Å²) in [6, 6.07) is 5.39. The van der Waals surface area contributed by atoms with Gasteiger partial charge in [-0.05, 0) is 18.2 Å². The SMILES string of the molecule is N#Cc1cc(F)cc(C(=O)N2CCOC[C@H](CO)C2)c1. The molecule has 1 fully saturated rings. The topological polar surface area (TPSA) is 73.6 Å². The molecular weight excluding hydrogens is 263 g/mol. The highest BCUT2D eigenvalue weighted by Gasteiger charge is 2.23. The number of benzene rings is 1. The first-order valence-electron chi connectivity index (χ1n) is 6.32. The molecular formula is C14H15FN2O3. The van der Waals surface area contributed by atoms with Crippen molar-refractivity contribution in [2.24, 2.45) is 5.92 Å². The molecule has 0 unspecified atom stereocenters. The van der Waals surface area contributed by atoms with E-state index in [1.807, 2.05) is 6.07 Å². The molecule has 0 saturated carbocycles. The highest BCUT2D eigenvalue weighted by Crippen LogP contribution is 2.14. The van der Waals surface area contributed by atoms with Gasteiger partial charge in [0.15, 0.2) is 0 Å². The summed E-state index contributed by atoms with van der Waals surface area (Å²) in [6.07, 6.45) is 0. The number of rotatable bonds is 2. The van der Waals surface area contributed by atoms with Crippen LogP contribution in [0.25, 0.3) is 0 Å². The van der Waals surface area contributed by atoms with E-state index in [1.54, 1.807) is 0 Å². The molecule has 5 nitrogen and oxygen atoms in total. The van der Waals surface area contributed by atoms with E-state index in [2.05, 4.69) is 0 Å². The van der Waals surface area contributed by atoms with Crippen molar-refractivity contribution < 1.29 is 19.0 Å². The predicted octanol–water partition coefficient (Wildman–Crippen LogP) is 0.778. The summed E-state index contributed by atoms with van der Waals surface area (Å²) in [5.74, 6) is -1.12. The maximum absolute atomic E-state index is 13.4. The number of aliphatic hydroxyl groups is 1. The number of aliphatic hydroxyl groups excluding tert-OH is 1. The van der Waals surface area contributed by atoms with Gasteiger partial charge in [0.2, 0.25) is 0 Å². The van der Waals surface area contributed by atoms with Gasteiger partial charge in [-0.15, -0.1) is 0 Å². The van der Waals surface area contributed by atoms with Crippen LogP contribution in [0.4, 0.5) is 4.39 Å². The first-order valence-corrected chi connectivity index (χ1v) is 6.32. The lowest BCUT2D eigenvalue weighted by Gasteiger charge is -2.22. The van der Waals surface area contributed by atoms with Crippen LogP contribution in [0.15, 0.2) is 18.2 Å². The van der Waals surface area contributed by atoms with Gasteiger partial charge in [-0.2, -0.15) is 5.26 Å². The lowest BCUT2D eigenvalue weighted by Crippen LogP contribution is -2.36. The number of nitrogens with zero attached hydrogens (tertiary/aromatic N) is 2. The number of amides is 1. The monoisotopic (exact) mass is 278 g/mol. The van der Waals surface area contributed by atoms with Crippen LogP contribution in [0.5, 0.6) is 0 Å². The first-order chi connectivity index (χ1) is 9.63. The molecule has 1 saturated heterocycles. The van der Waals surface area contributed by atoms with Gasteiger partial charge >= 0.3 is 0 Å². The largest absolute Gasteiger partial charge is 0.396 e. The van der Waals surface area contributed by atoms with Gasteiger partial charge in [-0.25, -0.2) is 4.39 Å². The van der Waals surface area contributed by atoms with Crippen LogP contribution in [-0.2, 0) is 4.74 Å². The maximum Gasteiger partial charge on any atom is 0.254 e. The van der Waals surface area contributed by atoms with Crippen LogP contribution < -0.4 is 0 Å². The van der Waals surface area contributed by atoms with Crippen molar-refractivity contribution in [2.45, 2.75) is 0 Å². The molecule has 1 aromatic carbocycles. The first kappa shape index (κ1) is 14.4. The molecule has 0 aliphatic carbocycles. The molecule has 0 bridgehead atoms. The Morgan fingerprint density at radius 2 is 2.35 bits per heavy atom. The number of carbonyl (C=O) groups excluding carboxylic acids is 1. The van der Waals surface area contributed by atoms with Gasteiger partial charge in [0.05, 0.1) is 24.8 Å². The third-order valence-corrected chi connectivity index (χ3v) is 3.16. The van der Waals surface area contributed by atoms with E-state index in [-0.39, 0.29) is 29.6 Å². The number of halogens is 1. The number of hydrogen-bond acceptors (Lipinski definition) is 4. The highest BCUT2D eigenvalue weighted by molar-refractivity contribution is 5.94. The molecule has 1 aliphatic heterocycles. The molecule has 20 heavy (non-hydrogen) atoms. The molecule has 2 rings (SSSR count). The fourth-order valence-electron chi connectivity index (χ4n) is 2.14. The normalized spacial score (nSPS) is 19.2. The van der Waals surface area contributed by atoms with Crippen molar-refractivity contribution in [3.05, 3.63) is 35.1 Å². The Labute approximate surface area is 116 Å². The number of hydrogen-bond donors (Lipinski definition) is 1. The minimum Gasteiger partial charge on any atom is -0.396 e. The second kappa shape index (κ2) is 6.46. The summed E-state index contributed by atoms with van der Waals surface area (Å²) in [7, 11) is 0. The second-order valence-corrected chi connectivity index (χ2v) is 4.72.